The molecule has 4 aromatic carbocycles. The molecular weight excluding hydrogens is 368 g/mol. The maximum atomic E-state index is 9.42. The summed E-state index contributed by atoms with van der Waals surface area (Å²) in [7, 11) is 0. The Hall–Kier alpha value is -3.44. The highest BCUT2D eigenvalue weighted by molar-refractivity contribution is 5.92. The van der Waals surface area contributed by atoms with E-state index in [9.17, 15) is 10.2 Å². The minimum atomic E-state index is 0.282. The highest BCUT2D eigenvalue weighted by Gasteiger charge is 2.03. The number of aryl methyl sites for hydroxylation is 2. The van der Waals surface area contributed by atoms with Crippen molar-refractivity contribution >= 4 is 21.5 Å². The summed E-state index contributed by atoms with van der Waals surface area (Å²) in [6.07, 6.45) is 5.41. The summed E-state index contributed by atoms with van der Waals surface area (Å²) in [4.78, 5) is 0. The Morgan fingerprint density at radius 2 is 1.20 bits per heavy atom. The zero-order valence-corrected chi connectivity index (χ0v) is 18.8. The number of hydrogen-bond acceptors (Lipinski definition) is 2. The van der Waals surface area contributed by atoms with Crippen LogP contribution in [0, 0.1) is 26.2 Å². The molecule has 0 heterocycles. The molecule has 30 heavy (non-hydrogen) atoms. The van der Waals surface area contributed by atoms with Gasteiger partial charge in [0.1, 0.15) is 11.5 Å². The van der Waals surface area contributed by atoms with Gasteiger partial charge in [0.15, 0.2) is 0 Å². The zero-order chi connectivity index (χ0) is 22.7. The van der Waals surface area contributed by atoms with E-state index in [4.69, 9.17) is 6.42 Å². The van der Waals surface area contributed by atoms with Crippen LogP contribution in [0.15, 0.2) is 66.7 Å². The van der Waals surface area contributed by atoms with Crippen LogP contribution >= 0.6 is 0 Å². The number of hydrogen-bond donors (Lipinski definition) is 2. The van der Waals surface area contributed by atoms with E-state index in [-0.39, 0.29) is 5.75 Å². The van der Waals surface area contributed by atoms with Crippen molar-refractivity contribution in [2.45, 2.75) is 41.5 Å². The van der Waals surface area contributed by atoms with Crippen LogP contribution in [0.2, 0.25) is 0 Å². The molecular formula is C28H32O2. The van der Waals surface area contributed by atoms with Crippen molar-refractivity contribution in [3.63, 3.8) is 0 Å². The molecule has 0 saturated carbocycles. The average Bonchev–Trinajstić information content (AvgIpc) is 2.76. The van der Waals surface area contributed by atoms with Crippen LogP contribution in [-0.4, -0.2) is 10.2 Å². The second-order valence-corrected chi connectivity index (χ2v) is 6.29. The molecule has 2 nitrogen and oxygen atoms in total. The normalized spacial score (nSPS) is 9.23. The molecule has 4 rings (SSSR count). The Bertz CT molecular complexity index is 1130. The van der Waals surface area contributed by atoms with Crippen LogP contribution in [0.4, 0.5) is 0 Å². The van der Waals surface area contributed by atoms with Crippen molar-refractivity contribution in [3.05, 3.63) is 83.4 Å². The fourth-order valence-corrected chi connectivity index (χ4v) is 3.23. The third kappa shape index (κ3) is 6.03. The lowest BCUT2D eigenvalue weighted by Crippen LogP contribution is -1.83. The van der Waals surface area contributed by atoms with Gasteiger partial charge in [-0.05, 0) is 71.5 Å². The third-order valence-corrected chi connectivity index (χ3v) is 4.37. The molecule has 0 bridgehead atoms. The van der Waals surface area contributed by atoms with E-state index in [1.807, 2.05) is 77.9 Å². The van der Waals surface area contributed by atoms with Gasteiger partial charge in [0, 0.05) is 10.9 Å². The van der Waals surface area contributed by atoms with Crippen LogP contribution in [0.1, 0.15) is 44.4 Å². The third-order valence-electron chi connectivity index (χ3n) is 4.37. The summed E-state index contributed by atoms with van der Waals surface area (Å²) in [5.41, 5.74) is 3.00. The predicted molar refractivity (Wildman–Crippen MR) is 131 cm³/mol. The summed E-state index contributed by atoms with van der Waals surface area (Å²) < 4.78 is 0. The first-order valence-electron chi connectivity index (χ1n) is 10.4. The summed E-state index contributed by atoms with van der Waals surface area (Å²) >= 11 is 0. The van der Waals surface area contributed by atoms with Gasteiger partial charge < -0.3 is 10.2 Å². The van der Waals surface area contributed by atoms with Gasteiger partial charge in [0.2, 0.25) is 0 Å². The molecule has 0 aliphatic rings. The van der Waals surface area contributed by atoms with Gasteiger partial charge >= 0.3 is 0 Å². The second-order valence-electron chi connectivity index (χ2n) is 6.29. The lowest BCUT2D eigenvalue weighted by atomic mass is 10.00. The van der Waals surface area contributed by atoms with Crippen LogP contribution in [-0.2, 0) is 0 Å². The van der Waals surface area contributed by atoms with E-state index in [0.29, 0.717) is 5.75 Å². The fourth-order valence-electron chi connectivity index (χ4n) is 3.23. The maximum Gasteiger partial charge on any atom is 0.116 e. The molecule has 0 aromatic heterocycles. The summed E-state index contributed by atoms with van der Waals surface area (Å²) in [6, 6.07) is 20.8. The predicted octanol–water partition coefficient (Wildman–Crippen LogP) is 7.74. The molecule has 2 N–H and O–H groups in total. The summed E-state index contributed by atoms with van der Waals surface area (Å²) in [5.74, 6) is 3.27. The van der Waals surface area contributed by atoms with E-state index >= 15 is 0 Å². The van der Waals surface area contributed by atoms with Crippen molar-refractivity contribution in [1.29, 1.82) is 0 Å². The molecule has 0 fully saturated rings. The molecule has 156 valence electrons. The Labute approximate surface area is 180 Å². The molecule has 0 amide bonds. The number of rotatable bonds is 0. The first-order valence-corrected chi connectivity index (χ1v) is 10.4. The molecule has 4 aromatic rings. The minimum Gasteiger partial charge on any atom is -0.508 e. The van der Waals surface area contributed by atoms with E-state index in [1.165, 1.54) is 5.39 Å². The second kappa shape index (κ2) is 12.2. The molecule has 0 aliphatic heterocycles. The first-order chi connectivity index (χ1) is 14.5. The molecule has 0 saturated heterocycles. The van der Waals surface area contributed by atoms with Gasteiger partial charge in [-0.3, -0.25) is 0 Å². The van der Waals surface area contributed by atoms with Crippen molar-refractivity contribution in [2.24, 2.45) is 0 Å². The van der Waals surface area contributed by atoms with Crippen molar-refractivity contribution in [3.8, 4) is 23.8 Å². The largest absolute Gasteiger partial charge is 0.508 e. The summed E-state index contributed by atoms with van der Waals surface area (Å²) in [6.45, 7) is 11.9. The summed E-state index contributed by atoms with van der Waals surface area (Å²) in [5, 5.41) is 23.1. The van der Waals surface area contributed by atoms with E-state index < -0.39 is 0 Å². The van der Waals surface area contributed by atoms with Crippen LogP contribution in [0.5, 0.6) is 11.5 Å². The Morgan fingerprint density at radius 3 is 1.83 bits per heavy atom. The number of phenolic OH excluding ortho intramolecular Hbond substituents is 2. The van der Waals surface area contributed by atoms with Crippen LogP contribution in [0.3, 0.4) is 0 Å². The monoisotopic (exact) mass is 400 g/mol. The number of terminal acetylenes is 1. The van der Waals surface area contributed by atoms with Gasteiger partial charge in [-0.15, -0.1) is 6.42 Å². The highest BCUT2D eigenvalue weighted by atomic mass is 16.3. The number of aromatic hydroxyl groups is 2. The zero-order valence-electron chi connectivity index (χ0n) is 18.8. The highest BCUT2D eigenvalue weighted by Crippen LogP contribution is 2.26. The van der Waals surface area contributed by atoms with Crippen LogP contribution < -0.4 is 0 Å². The van der Waals surface area contributed by atoms with Gasteiger partial charge in [-0.2, -0.15) is 0 Å². The van der Waals surface area contributed by atoms with Gasteiger partial charge in [0.05, 0.1) is 0 Å². The first kappa shape index (κ1) is 24.6. The number of benzene rings is 4. The lowest BCUT2D eigenvalue weighted by Gasteiger charge is -2.05. The lowest BCUT2D eigenvalue weighted by molar-refractivity contribution is 0.475. The maximum absolute atomic E-state index is 9.42. The molecule has 0 unspecified atom stereocenters. The molecule has 0 radical (unpaired) electrons. The SMILES string of the molecule is C#Cc1cccc2cc(O)cc(C)c12.CC.CC.Cc1cc(O)cc2ccccc12. The Kier molecular flexibility index (Phi) is 10.00. The van der Waals surface area contributed by atoms with Crippen LogP contribution in [0.25, 0.3) is 21.5 Å². The van der Waals surface area contributed by atoms with E-state index in [2.05, 4.69) is 12.0 Å². The Morgan fingerprint density at radius 1 is 0.667 bits per heavy atom. The molecule has 2 heteroatoms. The van der Waals surface area contributed by atoms with Gasteiger partial charge in [-0.25, -0.2) is 0 Å². The molecule has 0 spiro atoms. The van der Waals surface area contributed by atoms with Crippen molar-refractivity contribution in [2.75, 3.05) is 0 Å². The molecule has 0 aliphatic carbocycles. The van der Waals surface area contributed by atoms with Gasteiger partial charge in [-0.1, -0.05) is 70.0 Å². The van der Waals surface area contributed by atoms with Gasteiger partial charge in [0.25, 0.3) is 0 Å². The number of fused-ring (bicyclic) bond motifs is 2. The van der Waals surface area contributed by atoms with Crippen molar-refractivity contribution < 1.29 is 10.2 Å². The average molecular weight is 401 g/mol. The number of phenols is 2. The van der Waals surface area contributed by atoms with E-state index in [1.54, 1.807) is 24.3 Å². The molecule has 0 atom stereocenters. The topological polar surface area (TPSA) is 40.5 Å². The van der Waals surface area contributed by atoms with Crippen molar-refractivity contribution in [1.82, 2.24) is 0 Å². The minimum absolute atomic E-state index is 0.282. The smallest absolute Gasteiger partial charge is 0.116 e. The Balaban J connectivity index is 0.000000260. The fraction of sp³-hybridized carbons (Fsp3) is 0.214. The quantitative estimate of drug-likeness (QED) is 0.296. The van der Waals surface area contributed by atoms with E-state index in [0.717, 1.165) is 32.8 Å². The standard InChI is InChI=1S/C13H10O.C11H10O.2C2H6/c1-3-10-5-4-6-11-8-12(14)7-9(2)13(10)11;1-8-6-10(12)7-9-4-2-3-5-11(8)9;2*1-2/h1,4-8,14H,2H3;2-7,12H,1H3;2*1-2H3.